The lowest BCUT2D eigenvalue weighted by atomic mass is 10.1. The van der Waals surface area contributed by atoms with Gasteiger partial charge in [0.15, 0.2) is 6.61 Å². The van der Waals surface area contributed by atoms with Gasteiger partial charge in [0.2, 0.25) is 5.91 Å². The number of benzene rings is 2. The molecule has 7 heteroatoms. The average Bonchev–Trinajstić information content (AvgIpc) is 3.26. The molecule has 1 aliphatic rings. The van der Waals surface area contributed by atoms with Crippen LogP contribution in [0.15, 0.2) is 40.9 Å². The number of aryl methyl sites for hydroxylation is 2. The van der Waals surface area contributed by atoms with Crippen molar-refractivity contribution in [2.24, 2.45) is 0 Å². The molecule has 0 saturated heterocycles. The van der Waals surface area contributed by atoms with Crippen molar-refractivity contribution in [2.75, 3.05) is 6.61 Å². The molecule has 2 amide bonds. The number of hydrogen-bond donors (Lipinski definition) is 1. The Morgan fingerprint density at radius 2 is 1.84 bits per heavy atom. The molecule has 0 aliphatic heterocycles. The molecule has 32 heavy (non-hydrogen) atoms. The van der Waals surface area contributed by atoms with E-state index in [0.29, 0.717) is 17.3 Å². The summed E-state index contributed by atoms with van der Waals surface area (Å²) in [6.07, 6.45) is 4.26. The van der Waals surface area contributed by atoms with Crippen LogP contribution < -0.4 is 10.1 Å². The highest BCUT2D eigenvalue weighted by molar-refractivity contribution is 9.10. The molecule has 3 rings (SSSR count). The van der Waals surface area contributed by atoms with Crippen LogP contribution in [0.2, 0.25) is 5.02 Å². The standard InChI is InChI=1S/C25H30BrClN2O3/c1-16-11-22(12-17(2)24(16)27)32-15-23(30)29(14-19-7-6-8-20(26)13-19)18(3)25(31)28-21-9-4-5-10-21/h6-8,11-13,18,21H,4-5,9-10,14-15H2,1-3H3,(H,28,31)/t18-/m0/s1. The Morgan fingerprint density at radius 3 is 2.47 bits per heavy atom. The number of carbonyl (C=O) groups is 2. The van der Waals surface area contributed by atoms with E-state index in [0.717, 1.165) is 46.8 Å². The Kier molecular flexibility index (Phi) is 8.60. The van der Waals surface area contributed by atoms with Gasteiger partial charge in [0, 0.05) is 22.1 Å². The molecule has 0 aromatic heterocycles. The molecule has 0 spiro atoms. The molecule has 2 aromatic rings. The highest BCUT2D eigenvalue weighted by Gasteiger charge is 2.28. The molecule has 5 nitrogen and oxygen atoms in total. The van der Waals surface area contributed by atoms with Crippen LogP contribution in [0.1, 0.15) is 49.3 Å². The van der Waals surface area contributed by atoms with E-state index in [1.165, 1.54) is 0 Å². The number of carbonyl (C=O) groups excluding carboxylic acids is 2. The third kappa shape index (κ3) is 6.48. The summed E-state index contributed by atoms with van der Waals surface area (Å²) in [7, 11) is 0. The van der Waals surface area contributed by atoms with E-state index in [4.69, 9.17) is 16.3 Å². The summed E-state index contributed by atoms with van der Waals surface area (Å²) < 4.78 is 6.72. The minimum absolute atomic E-state index is 0.126. The van der Waals surface area contributed by atoms with E-state index in [9.17, 15) is 9.59 Å². The van der Waals surface area contributed by atoms with Gasteiger partial charge < -0.3 is 15.0 Å². The first kappa shape index (κ1) is 24.6. The Labute approximate surface area is 203 Å². The predicted molar refractivity (Wildman–Crippen MR) is 131 cm³/mol. The van der Waals surface area contributed by atoms with Gasteiger partial charge in [-0.15, -0.1) is 0 Å². The van der Waals surface area contributed by atoms with Crippen molar-refractivity contribution < 1.29 is 14.3 Å². The highest BCUT2D eigenvalue weighted by atomic mass is 79.9. The minimum Gasteiger partial charge on any atom is -0.484 e. The van der Waals surface area contributed by atoms with Gasteiger partial charge >= 0.3 is 0 Å². The molecule has 172 valence electrons. The lowest BCUT2D eigenvalue weighted by Gasteiger charge is -2.29. The molecule has 2 aromatic carbocycles. The first-order chi connectivity index (χ1) is 15.2. The van der Waals surface area contributed by atoms with Crippen molar-refractivity contribution in [3.05, 3.63) is 62.6 Å². The molecular formula is C25H30BrClN2O3. The van der Waals surface area contributed by atoms with Gasteiger partial charge in [0.05, 0.1) is 0 Å². The largest absolute Gasteiger partial charge is 0.484 e. The van der Waals surface area contributed by atoms with Crippen molar-refractivity contribution in [2.45, 2.75) is 65.1 Å². The maximum atomic E-state index is 13.2. The first-order valence-corrected chi connectivity index (χ1v) is 12.2. The van der Waals surface area contributed by atoms with Crippen molar-refractivity contribution in [1.82, 2.24) is 10.2 Å². The summed E-state index contributed by atoms with van der Waals surface area (Å²) in [4.78, 5) is 27.7. The summed E-state index contributed by atoms with van der Waals surface area (Å²) in [5.41, 5.74) is 2.72. The fourth-order valence-corrected chi connectivity index (χ4v) is 4.58. The summed E-state index contributed by atoms with van der Waals surface area (Å²) in [6.45, 7) is 5.74. The zero-order chi connectivity index (χ0) is 23.3. The summed E-state index contributed by atoms with van der Waals surface area (Å²) in [6, 6.07) is 11.0. The number of hydrogen-bond acceptors (Lipinski definition) is 3. The topological polar surface area (TPSA) is 58.6 Å². The molecule has 0 radical (unpaired) electrons. The lowest BCUT2D eigenvalue weighted by molar-refractivity contribution is -0.142. The number of nitrogens with zero attached hydrogens (tertiary/aromatic N) is 1. The smallest absolute Gasteiger partial charge is 0.261 e. The maximum absolute atomic E-state index is 13.2. The number of amides is 2. The monoisotopic (exact) mass is 520 g/mol. The third-order valence-corrected chi connectivity index (χ3v) is 6.97. The second-order valence-corrected chi connectivity index (χ2v) is 9.77. The third-order valence-electron chi connectivity index (χ3n) is 5.88. The molecule has 1 fully saturated rings. The Morgan fingerprint density at radius 1 is 1.19 bits per heavy atom. The maximum Gasteiger partial charge on any atom is 0.261 e. The van der Waals surface area contributed by atoms with Crippen molar-refractivity contribution >= 4 is 39.3 Å². The Bertz CT molecular complexity index is 952. The van der Waals surface area contributed by atoms with Gasteiger partial charge in [0.25, 0.3) is 5.91 Å². The SMILES string of the molecule is Cc1cc(OCC(=O)N(Cc2cccc(Br)c2)[C@@H](C)C(=O)NC2CCCC2)cc(C)c1Cl. The quantitative estimate of drug-likeness (QED) is 0.494. The van der Waals surface area contributed by atoms with E-state index in [-0.39, 0.29) is 24.5 Å². The summed E-state index contributed by atoms with van der Waals surface area (Å²) in [5, 5.41) is 3.80. The summed E-state index contributed by atoms with van der Waals surface area (Å²) in [5.74, 6) is 0.214. The minimum atomic E-state index is -0.612. The summed E-state index contributed by atoms with van der Waals surface area (Å²) >= 11 is 9.71. The van der Waals surface area contributed by atoms with Crippen LogP contribution >= 0.6 is 27.5 Å². The predicted octanol–water partition coefficient (Wildman–Crippen LogP) is 5.57. The van der Waals surface area contributed by atoms with Crippen LogP contribution in [-0.4, -0.2) is 35.4 Å². The van der Waals surface area contributed by atoms with Crippen molar-refractivity contribution in [3.8, 4) is 5.75 Å². The molecule has 1 aliphatic carbocycles. The van der Waals surface area contributed by atoms with Gasteiger partial charge in [-0.2, -0.15) is 0 Å². The van der Waals surface area contributed by atoms with E-state index >= 15 is 0 Å². The molecule has 0 unspecified atom stereocenters. The zero-order valence-electron chi connectivity index (χ0n) is 18.8. The molecular weight excluding hydrogens is 492 g/mol. The number of ether oxygens (including phenoxy) is 1. The molecule has 1 saturated carbocycles. The lowest BCUT2D eigenvalue weighted by Crippen LogP contribution is -2.50. The Balaban J connectivity index is 1.74. The molecule has 1 atom stereocenters. The van der Waals surface area contributed by atoms with E-state index < -0.39 is 6.04 Å². The van der Waals surface area contributed by atoms with Crippen LogP contribution in [0.3, 0.4) is 0 Å². The van der Waals surface area contributed by atoms with Gasteiger partial charge in [-0.25, -0.2) is 0 Å². The molecule has 0 heterocycles. The van der Waals surface area contributed by atoms with Crippen LogP contribution in [-0.2, 0) is 16.1 Å². The van der Waals surface area contributed by atoms with E-state index in [2.05, 4.69) is 21.2 Å². The highest BCUT2D eigenvalue weighted by Crippen LogP contribution is 2.26. The normalized spacial score (nSPS) is 14.8. The van der Waals surface area contributed by atoms with Gasteiger partial charge in [-0.3, -0.25) is 9.59 Å². The van der Waals surface area contributed by atoms with Gasteiger partial charge in [-0.05, 0) is 74.6 Å². The zero-order valence-corrected chi connectivity index (χ0v) is 21.1. The van der Waals surface area contributed by atoms with Gasteiger partial charge in [-0.1, -0.05) is 52.5 Å². The molecule has 0 bridgehead atoms. The van der Waals surface area contributed by atoms with E-state index in [1.807, 2.05) is 50.2 Å². The average molecular weight is 522 g/mol. The fraction of sp³-hybridized carbons (Fsp3) is 0.440. The van der Waals surface area contributed by atoms with Gasteiger partial charge in [0.1, 0.15) is 11.8 Å². The van der Waals surface area contributed by atoms with Crippen LogP contribution in [0.25, 0.3) is 0 Å². The van der Waals surface area contributed by atoms with Crippen LogP contribution in [0.4, 0.5) is 0 Å². The second kappa shape index (κ2) is 11.2. The first-order valence-electron chi connectivity index (χ1n) is 11.0. The van der Waals surface area contributed by atoms with Crippen molar-refractivity contribution in [3.63, 3.8) is 0 Å². The fourth-order valence-electron chi connectivity index (χ4n) is 4.02. The Hall–Kier alpha value is -2.05. The molecule has 1 N–H and O–H groups in total. The van der Waals surface area contributed by atoms with Crippen LogP contribution in [0.5, 0.6) is 5.75 Å². The number of halogens is 2. The van der Waals surface area contributed by atoms with Crippen molar-refractivity contribution in [1.29, 1.82) is 0 Å². The van der Waals surface area contributed by atoms with Crippen LogP contribution in [0, 0.1) is 13.8 Å². The number of nitrogens with one attached hydrogen (secondary N) is 1. The number of rotatable bonds is 8. The van der Waals surface area contributed by atoms with E-state index in [1.54, 1.807) is 11.8 Å². The second-order valence-electron chi connectivity index (χ2n) is 8.48.